The Morgan fingerprint density at radius 2 is 1.78 bits per heavy atom. The molecule has 0 saturated heterocycles. The van der Waals surface area contributed by atoms with E-state index in [-0.39, 0.29) is 0 Å². The first kappa shape index (κ1) is 11.3. The van der Waals surface area contributed by atoms with Crippen LogP contribution in [0.15, 0.2) is 54.7 Å². The zero-order valence-corrected chi connectivity index (χ0v) is 10.6. The number of benzene rings is 1. The molecule has 90 valence electrons. The van der Waals surface area contributed by atoms with Crippen molar-refractivity contribution in [3.05, 3.63) is 71.7 Å². The molecule has 3 rings (SSSR count). The standard InChI is InChI=1S/C15H13ClN2/c16-11-14-13(10-12-6-2-1-3-7-12)17-15-8-4-5-9-18(14)15/h1-9H,10-11H2. The molecule has 0 atom stereocenters. The Bertz CT molecular complexity index is 659. The highest BCUT2D eigenvalue weighted by atomic mass is 35.5. The van der Waals surface area contributed by atoms with Crippen molar-refractivity contribution in [2.75, 3.05) is 0 Å². The van der Waals surface area contributed by atoms with Crippen LogP contribution in [-0.4, -0.2) is 9.38 Å². The lowest BCUT2D eigenvalue weighted by Crippen LogP contribution is -1.95. The van der Waals surface area contributed by atoms with Gasteiger partial charge in [-0.05, 0) is 17.7 Å². The lowest BCUT2D eigenvalue weighted by Gasteiger charge is -2.01. The maximum absolute atomic E-state index is 6.06. The molecule has 3 aromatic rings. The molecule has 0 unspecified atom stereocenters. The molecule has 0 aliphatic rings. The average Bonchev–Trinajstić information content (AvgIpc) is 2.77. The number of hydrogen-bond donors (Lipinski definition) is 0. The lowest BCUT2D eigenvalue weighted by atomic mass is 10.1. The van der Waals surface area contributed by atoms with E-state index in [9.17, 15) is 0 Å². The topological polar surface area (TPSA) is 17.3 Å². The number of rotatable bonds is 3. The van der Waals surface area contributed by atoms with Crippen LogP contribution in [-0.2, 0) is 12.3 Å². The van der Waals surface area contributed by atoms with E-state index >= 15 is 0 Å². The van der Waals surface area contributed by atoms with Crippen LogP contribution in [0.4, 0.5) is 0 Å². The fourth-order valence-electron chi connectivity index (χ4n) is 2.17. The summed E-state index contributed by atoms with van der Waals surface area (Å²) in [5.41, 5.74) is 4.35. The van der Waals surface area contributed by atoms with E-state index in [0.717, 1.165) is 23.5 Å². The number of hydrogen-bond acceptors (Lipinski definition) is 1. The Balaban J connectivity index is 2.06. The van der Waals surface area contributed by atoms with Gasteiger partial charge in [0.05, 0.1) is 17.3 Å². The van der Waals surface area contributed by atoms with Crippen LogP contribution in [0, 0.1) is 0 Å². The van der Waals surface area contributed by atoms with E-state index < -0.39 is 0 Å². The van der Waals surface area contributed by atoms with Crippen molar-refractivity contribution in [3.8, 4) is 0 Å². The van der Waals surface area contributed by atoms with Gasteiger partial charge in [0.25, 0.3) is 0 Å². The molecule has 1 aromatic carbocycles. The van der Waals surface area contributed by atoms with Gasteiger partial charge in [0.15, 0.2) is 0 Å². The smallest absolute Gasteiger partial charge is 0.137 e. The molecule has 0 amide bonds. The van der Waals surface area contributed by atoms with E-state index in [1.165, 1.54) is 5.56 Å². The molecule has 2 heterocycles. The second kappa shape index (κ2) is 4.83. The van der Waals surface area contributed by atoms with Crippen LogP contribution in [0.2, 0.25) is 0 Å². The molecule has 0 fully saturated rings. The predicted molar refractivity (Wildman–Crippen MR) is 74.0 cm³/mol. The molecule has 2 nitrogen and oxygen atoms in total. The Kier molecular flexibility index (Phi) is 3.03. The van der Waals surface area contributed by atoms with Crippen molar-refractivity contribution in [2.45, 2.75) is 12.3 Å². The number of nitrogens with zero attached hydrogens (tertiary/aromatic N) is 2. The first-order chi connectivity index (χ1) is 8.88. The van der Waals surface area contributed by atoms with E-state index in [2.05, 4.69) is 21.5 Å². The highest BCUT2D eigenvalue weighted by molar-refractivity contribution is 6.17. The second-order valence-corrected chi connectivity index (χ2v) is 4.50. The molecular weight excluding hydrogens is 244 g/mol. The summed E-state index contributed by atoms with van der Waals surface area (Å²) in [4.78, 5) is 4.66. The van der Waals surface area contributed by atoms with Gasteiger partial charge >= 0.3 is 0 Å². The van der Waals surface area contributed by atoms with Gasteiger partial charge in [-0.3, -0.25) is 0 Å². The summed E-state index contributed by atoms with van der Waals surface area (Å²) in [5.74, 6) is 0.480. The van der Waals surface area contributed by atoms with Gasteiger partial charge in [-0.1, -0.05) is 36.4 Å². The first-order valence-corrected chi connectivity index (χ1v) is 6.46. The van der Waals surface area contributed by atoms with Gasteiger partial charge in [-0.15, -0.1) is 11.6 Å². The Morgan fingerprint density at radius 1 is 1.00 bits per heavy atom. The number of pyridine rings is 1. The molecule has 0 N–H and O–H groups in total. The monoisotopic (exact) mass is 256 g/mol. The number of halogens is 1. The highest BCUT2D eigenvalue weighted by Crippen LogP contribution is 2.18. The Labute approximate surface area is 111 Å². The van der Waals surface area contributed by atoms with Crippen molar-refractivity contribution in [3.63, 3.8) is 0 Å². The van der Waals surface area contributed by atoms with Gasteiger partial charge in [0, 0.05) is 12.6 Å². The van der Waals surface area contributed by atoms with Crippen molar-refractivity contribution in [1.82, 2.24) is 9.38 Å². The summed E-state index contributed by atoms with van der Waals surface area (Å²) < 4.78 is 2.06. The maximum atomic E-state index is 6.06. The fourth-order valence-corrected chi connectivity index (χ4v) is 2.45. The maximum Gasteiger partial charge on any atom is 0.137 e. The highest BCUT2D eigenvalue weighted by Gasteiger charge is 2.10. The third-order valence-electron chi connectivity index (χ3n) is 3.05. The van der Waals surface area contributed by atoms with E-state index in [1.54, 1.807) is 0 Å². The summed E-state index contributed by atoms with van der Waals surface area (Å²) in [6.45, 7) is 0. The number of imidazole rings is 1. The summed E-state index contributed by atoms with van der Waals surface area (Å²) in [6.07, 6.45) is 2.83. The average molecular weight is 257 g/mol. The molecule has 0 bridgehead atoms. The summed E-state index contributed by atoms with van der Waals surface area (Å²) in [6, 6.07) is 16.3. The molecule has 18 heavy (non-hydrogen) atoms. The fraction of sp³-hybridized carbons (Fsp3) is 0.133. The Morgan fingerprint density at radius 3 is 2.56 bits per heavy atom. The van der Waals surface area contributed by atoms with Crippen LogP contribution >= 0.6 is 11.6 Å². The van der Waals surface area contributed by atoms with Crippen LogP contribution < -0.4 is 0 Å². The molecular formula is C15H13ClN2. The summed E-state index contributed by atoms with van der Waals surface area (Å²) >= 11 is 6.06. The minimum Gasteiger partial charge on any atom is -0.303 e. The number of aromatic nitrogens is 2. The zero-order chi connectivity index (χ0) is 12.4. The molecule has 3 heteroatoms. The van der Waals surface area contributed by atoms with Crippen LogP contribution in [0.1, 0.15) is 17.0 Å². The largest absolute Gasteiger partial charge is 0.303 e. The normalized spacial score (nSPS) is 10.9. The van der Waals surface area contributed by atoms with Gasteiger partial charge in [0.1, 0.15) is 5.65 Å². The SMILES string of the molecule is ClCc1c(Cc2ccccc2)nc2ccccn12. The first-order valence-electron chi connectivity index (χ1n) is 5.93. The molecule has 0 saturated carbocycles. The van der Waals surface area contributed by atoms with E-state index in [1.807, 2.05) is 42.6 Å². The third kappa shape index (κ3) is 2.00. The van der Waals surface area contributed by atoms with E-state index in [0.29, 0.717) is 5.88 Å². The van der Waals surface area contributed by atoms with Crippen molar-refractivity contribution < 1.29 is 0 Å². The summed E-state index contributed by atoms with van der Waals surface area (Å²) in [7, 11) is 0. The molecule has 0 aliphatic carbocycles. The van der Waals surface area contributed by atoms with Crippen LogP contribution in [0.3, 0.4) is 0 Å². The van der Waals surface area contributed by atoms with Gasteiger partial charge in [0.2, 0.25) is 0 Å². The predicted octanol–water partition coefficient (Wildman–Crippen LogP) is 3.66. The van der Waals surface area contributed by atoms with Crippen molar-refractivity contribution >= 4 is 17.2 Å². The molecule has 2 aromatic heterocycles. The van der Waals surface area contributed by atoms with Crippen molar-refractivity contribution in [1.29, 1.82) is 0 Å². The quantitative estimate of drug-likeness (QED) is 0.654. The Hall–Kier alpha value is -1.80. The number of alkyl halides is 1. The third-order valence-corrected chi connectivity index (χ3v) is 3.31. The van der Waals surface area contributed by atoms with Crippen LogP contribution in [0.25, 0.3) is 5.65 Å². The van der Waals surface area contributed by atoms with Gasteiger partial charge in [-0.2, -0.15) is 0 Å². The molecule has 0 spiro atoms. The van der Waals surface area contributed by atoms with Gasteiger partial charge < -0.3 is 4.40 Å². The molecule has 0 aliphatic heterocycles. The summed E-state index contributed by atoms with van der Waals surface area (Å²) in [5, 5.41) is 0. The van der Waals surface area contributed by atoms with Crippen LogP contribution in [0.5, 0.6) is 0 Å². The minimum absolute atomic E-state index is 0.480. The van der Waals surface area contributed by atoms with Gasteiger partial charge in [-0.25, -0.2) is 4.98 Å². The molecule has 0 radical (unpaired) electrons. The van der Waals surface area contributed by atoms with Crippen molar-refractivity contribution in [2.24, 2.45) is 0 Å². The van der Waals surface area contributed by atoms with E-state index in [4.69, 9.17) is 11.6 Å². The second-order valence-electron chi connectivity index (χ2n) is 4.23. The lowest BCUT2D eigenvalue weighted by molar-refractivity contribution is 1.03. The minimum atomic E-state index is 0.480. The zero-order valence-electron chi connectivity index (χ0n) is 9.88. The number of fused-ring (bicyclic) bond motifs is 1.